The third-order valence-electron chi connectivity index (χ3n) is 4.75. The summed E-state index contributed by atoms with van der Waals surface area (Å²) in [5.74, 6) is 1.60. The molecule has 1 fully saturated rings. The number of carbonyl (C=O) groups is 1. The van der Waals surface area contributed by atoms with Gasteiger partial charge in [-0.2, -0.15) is 0 Å². The van der Waals surface area contributed by atoms with Crippen LogP contribution in [-0.2, 0) is 11.2 Å². The summed E-state index contributed by atoms with van der Waals surface area (Å²) in [6.45, 7) is 8.91. The Morgan fingerprint density at radius 1 is 1.19 bits per heavy atom. The van der Waals surface area contributed by atoms with Gasteiger partial charge >= 0.3 is 0 Å². The molecule has 3 heterocycles. The number of nitrogens with one attached hydrogen (secondary N) is 2. The van der Waals surface area contributed by atoms with Crippen LogP contribution in [0.25, 0.3) is 0 Å². The van der Waals surface area contributed by atoms with Gasteiger partial charge in [-0.3, -0.25) is 9.79 Å². The Balaban J connectivity index is 0.00000341. The number of piperazine rings is 1. The monoisotopic (exact) mass is 558 g/mol. The molecule has 0 radical (unpaired) electrons. The number of aryl methyl sites for hydroxylation is 1. The van der Waals surface area contributed by atoms with Crippen LogP contribution >= 0.6 is 35.3 Å². The summed E-state index contributed by atoms with van der Waals surface area (Å²) in [7, 11) is 0. The number of hydrogen-bond donors (Lipinski definition) is 2. The molecule has 1 aliphatic heterocycles. The molecule has 1 aliphatic rings. The van der Waals surface area contributed by atoms with Crippen LogP contribution in [0.3, 0.4) is 0 Å². The van der Waals surface area contributed by atoms with Crippen molar-refractivity contribution in [3.63, 3.8) is 0 Å². The molecule has 9 nitrogen and oxygen atoms in total. The molecule has 0 bridgehead atoms. The highest BCUT2D eigenvalue weighted by molar-refractivity contribution is 14.0. The maximum absolute atomic E-state index is 12.5. The number of carbonyl (C=O) groups excluding carboxylic acids is 1. The lowest BCUT2D eigenvalue weighted by molar-refractivity contribution is -0.131. The van der Waals surface area contributed by atoms with Gasteiger partial charge in [0.05, 0.1) is 17.2 Å². The molecule has 0 saturated carbocycles. The van der Waals surface area contributed by atoms with E-state index in [1.54, 1.807) is 29.8 Å². The molecule has 31 heavy (non-hydrogen) atoms. The Morgan fingerprint density at radius 3 is 2.58 bits per heavy atom. The van der Waals surface area contributed by atoms with E-state index in [4.69, 9.17) is 0 Å². The first-order valence-electron chi connectivity index (χ1n) is 10.4. The van der Waals surface area contributed by atoms with Crippen LogP contribution in [0.4, 0.5) is 5.95 Å². The first kappa shape index (κ1) is 25.2. The van der Waals surface area contributed by atoms with Crippen LogP contribution in [0.2, 0.25) is 0 Å². The SMILES string of the molecule is CCNC(=NCCC(=O)N1CCN(c2ncccn2)CC1)NCCc1csc(C)n1.I. The second kappa shape index (κ2) is 13.4. The second-order valence-electron chi connectivity index (χ2n) is 6.96. The van der Waals surface area contributed by atoms with E-state index in [-0.39, 0.29) is 29.9 Å². The molecular weight excluding hydrogens is 527 g/mol. The minimum atomic E-state index is 0. The number of rotatable bonds is 8. The van der Waals surface area contributed by atoms with Crippen molar-refractivity contribution in [2.45, 2.75) is 26.7 Å². The van der Waals surface area contributed by atoms with E-state index in [1.165, 1.54) is 0 Å². The molecule has 0 aromatic carbocycles. The Morgan fingerprint density at radius 2 is 1.94 bits per heavy atom. The first-order valence-corrected chi connectivity index (χ1v) is 11.3. The smallest absolute Gasteiger partial charge is 0.225 e. The summed E-state index contributed by atoms with van der Waals surface area (Å²) >= 11 is 1.67. The fourth-order valence-electron chi connectivity index (χ4n) is 3.21. The zero-order valence-electron chi connectivity index (χ0n) is 18.1. The standard InChI is InChI=1S/C20H30N8OS.HI/c1-3-21-19(22-9-5-17-15-30-16(2)26-17)23-10-6-18(29)27-11-13-28(14-12-27)20-24-7-4-8-25-20;/h4,7-8,15H,3,5-6,9-14H2,1-2H3,(H2,21,22,23);1H. The fraction of sp³-hybridized carbons (Fsp3) is 0.550. The van der Waals surface area contributed by atoms with Gasteiger partial charge in [-0.15, -0.1) is 35.3 Å². The van der Waals surface area contributed by atoms with Crippen LogP contribution in [-0.4, -0.2) is 77.5 Å². The van der Waals surface area contributed by atoms with E-state index >= 15 is 0 Å². The van der Waals surface area contributed by atoms with Gasteiger partial charge in [-0.05, 0) is 19.9 Å². The second-order valence-corrected chi connectivity index (χ2v) is 8.02. The zero-order chi connectivity index (χ0) is 21.2. The van der Waals surface area contributed by atoms with Gasteiger partial charge in [-0.25, -0.2) is 15.0 Å². The summed E-state index contributed by atoms with van der Waals surface area (Å²) < 4.78 is 0. The molecule has 1 amide bonds. The number of amides is 1. The van der Waals surface area contributed by atoms with Gasteiger partial charge in [0, 0.05) is 69.9 Å². The molecule has 2 aromatic heterocycles. The Hall–Kier alpha value is -2.02. The Kier molecular flexibility index (Phi) is 10.9. The molecule has 3 rings (SSSR count). The van der Waals surface area contributed by atoms with Crippen molar-refractivity contribution in [2.75, 3.05) is 50.7 Å². The van der Waals surface area contributed by atoms with Crippen molar-refractivity contribution < 1.29 is 4.79 Å². The van der Waals surface area contributed by atoms with Crippen molar-refractivity contribution in [2.24, 2.45) is 4.99 Å². The minimum absolute atomic E-state index is 0. The Bertz CT molecular complexity index is 824. The van der Waals surface area contributed by atoms with Crippen LogP contribution in [0, 0.1) is 6.92 Å². The maximum atomic E-state index is 12.5. The molecular formula is C20H31IN8OS. The van der Waals surface area contributed by atoms with Crippen molar-refractivity contribution in [1.82, 2.24) is 30.5 Å². The summed E-state index contributed by atoms with van der Waals surface area (Å²) in [5.41, 5.74) is 1.09. The maximum Gasteiger partial charge on any atom is 0.225 e. The normalized spacial score (nSPS) is 14.2. The van der Waals surface area contributed by atoms with E-state index < -0.39 is 0 Å². The Labute approximate surface area is 204 Å². The number of thiazole rings is 1. The fourth-order valence-corrected chi connectivity index (χ4v) is 3.85. The topological polar surface area (TPSA) is 98.6 Å². The zero-order valence-corrected chi connectivity index (χ0v) is 21.2. The lowest BCUT2D eigenvalue weighted by Crippen LogP contribution is -2.49. The molecule has 0 aliphatic carbocycles. The predicted octanol–water partition coefficient (Wildman–Crippen LogP) is 1.70. The summed E-state index contributed by atoms with van der Waals surface area (Å²) in [6.07, 6.45) is 4.74. The quantitative estimate of drug-likeness (QED) is 0.289. The van der Waals surface area contributed by atoms with Crippen LogP contribution in [0.5, 0.6) is 0 Å². The molecule has 1 saturated heterocycles. The van der Waals surface area contributed by atoms with E-state index in [1.807, 2.05) is 18.7 Å². The van der Waals surface area contributed by atoms with Crippen LogP contribution < -0.4 is 15.5 Å². The van der Waals surface area contributed by atoms with Gasteiger partial charge in [-0.1, -0.05) is 0 Å². The van der Waals surface area contributed by atoms with E-state index in [0.29, 0.717) is 26.1 Å². The highest BCUT2D eigenvalue weighted by atomic mass is 127. The van der Waals surface area contributed by atoms with Crippen molar-refractivity contribution in [1.29, 1.82) is 0 Å². The number of aliphatic imine (C=N–C) groups is 1. The highest BCUT2D eigenvalue weighted by Gasteiger charge is 2.22. The molecule has 0 spiro atoms. The minimum Gasteiger partial charge on any atom is -0.357 e. The lowest BCUT2D eigenvalue weighted by Gasteiger charge is -2.34. The number of aromatic nitrogens is 3. The average molecular weight is 558 g/mol. The van der Waals surface area contributed by atoms with Gasteiger partial charge in [0.2, 0.25) is 11.9 Å². The third-order valence-corrected chi connectivity index (χ3v) is 5.57. The number of hydrogen-bond acceptors (Lipinski definition) is 7. The van der Waals surface area contributed by atoms with Gasteiger partial charge < -0.3 is 20.4 Å². The molecule has 2 N–H and O–H groups in total. The average Bonchev–Trinajstić information content (AvgIpc) is 3.19. The lowest BCUT2D eigenvalue weighted by atomic mass is 10.3. The molecule has 0 unspecified atom stereocenters. The van der Waals surface area contributed by atoms with Crippen LogP contribution in [0.15, 0.2) is 28.8 Å². The largest absolute Gasteiger partial charge is 0.357 e. The predicted molar refractivity (Wildman–Crippen MR) is 135 cm³/mol. The molecule has 170 valence electrons. The van der Waals surface area contributed by atoms with Gasteiger partial charge in [0.25, 0.3) is 0 Å². The third kappa shape index (κ3) is 8.20. The van der Waals surface area contributed by atoms with Gasteiger partial charge in [0.15, 0.2) is 5.96 Å². The molecule has 0 atom stereocenters. The van der Waals surface area contributed by atoms with Gasteiger partial charge in [0.1, 0.15) is 0 Å². The van der Waals surface area contributed by atoms with Crippen molar-refractivity contribution in [3.05, 3.63) is 34.5 Å². The van der Waals surface area contributed by atoms with E-state index in [2.05, 4.69) is 40.9 Å². The number of anilines is 1. The summed E-state index contributed by atoms with van der Waals surface area (Å²) in [6, 6.07) is 1.81. The first-order chi connectivity index (χ1) is 14.7. The van der Waals surface area contributed by atoms with Crippen molar-refractivity contribution in [3.8, 4) is 0 Å². The summed E-state index contributed by atoms with van der Waals surface area (Å²) in [5, 5.41) is 9.71. The summed E-state index contributed by atoms with van der Waals surface area (Å²) in [4.78, 5) is 34.1. The highest BCUT2D eigenvalue weighted by Crippen LogP contribution is 2.10. The number of halogens is 1. The number of nitrogens with zero attached hydrogens (tertiary/aromatic N) is 6. The van der Waals surface area contributed by atoms with E-state index in [9.17, 15) is 4.79 Å². The molecule has 2 aromatic rings. The number of guanidine groups is 1. The van der Waals surface area contributed by atoms with Crippen LogP contribution in [0.1, 0.15) is 24.0 Å². The van der Waals surface area contributed by atoms with Crippen molar-refractivity contribution >= 4 is 53.1 Å². The molecule has 11 heteroatoms. The van der Waals surface area contributed by atoms with E-state index in [0.717, 1.165) is 55.2 Å².